The van der Waals surface area contributed by atoms with E-state index in [0.29, 0.717) is 22.7 Å². The number of amides is 1. The number of ether oxygens (including phenoxy) is 1. The van der Waals surface area contributed by atoms with Crippen molar-refractivity contribution in [1.82, 2.24) is 10.5 Å². The summed E-state index contributed by atoms with van der Waals surface area (Å²) in [6.07, 6.45) is 1.45. The molecule has 0 aliphatic heterocycles. The number of hydrogen-bond acceptors (Lipinski definition) is 5. The van der Waals surface area contributed by atoms with E-state index < -0.39 is 0 Å². The Kier molecular flexibility index (Phi) is 3.47. The number of carbonyl (C=O) groups excluding carboxylic acids is 1. The maximum atomic E-state index is 12.0. The average Bonchev–Trinajstić information content (AvgIpc) is 2.88. The number of benzene rings is 1. The van der Waals surface area contributed by atoms with Gasteiger partial charge in [-0.25, -0.2) is 0 Å². The third-order valence-electron chi connectivity index (χ3n) is 2.42. The maximum absolute atomic E-state index is 12.0. The van der Waals surface area contributed by atoms with Gasteiger partial charge in [0.05, 0.1) is 24.9 Å². The van der Waals surface area contributed by atoms with Crippen LogP contribution >= 0.6 is 0 Å². The van der Waals surface area contributed by atoms with Gasteiger partial charge in [-0.3, -0.25) is 4.79 Å². The summed E-state index contributed by atoms with van der Waals surface area (Å²) < 4.78 is 9.78. The van der Waals surface area contributed by atoms with E-state index in [4.69, 9.17) is 10.5 Å². The molecule has 0 spiro atoms. The van der Waals surface area contributed by atoms with E-state index in [2.05, 4.69) is 15.0 Å². The molecule has 1 aromatic carbocycles. The molecule has 6 nitrogen and oxygen atoms in total. The fraction of sp³-hybridized carbons (Fsp3) is 0.167. The van der Waals surface area contributed by atoms with Crippen LogP contribution in [-0.2, 0) is 6.54 Å². The highest BCUT2D eigenvalue weighted by molar-refractivity contribution is 5.98. The molecule has 2 rings (SSSR count). The first-order chi connectivity index (χ1) is 8.72. The van der Waals surface area contributed by atoms with E-state index in [1.165, 1.54) is 13.4 Å². The molecule has 18 heavy (non-hydrogen) atoms. The Morgan fingerprint density at radius 3 is 3.00 bits per heavy atom. The molecule has 0 aliphatic carbocycles. The highest BCUT2D eigenvalue weighted by Crippen LogP contribution is 2.25. The minimum atomic E-state index is -0.276. The molecule has 0 aliphatic rings. The third kappa shape index (κ3) is 2.42. The van der Waals surface area contributed by atoms with Gasteiger partial charge in [-0.2, -0.15) is 0 Å². The van der Waals surface area contributed by atoms with Crippen molar-refractivity contribution in [2.75, 3.05) is 12.8 Å². The number of nitrogens with two attached hydrogens (primary N) is 1. The van der Waals surface area contributed by atoms with Crippen molar-refractivity contribution in [3.05, 3.63) is 41.8 Å². The molecular formula is C12H13N3O3. The monoisotopic (exact) mass is 247 g/mol. The second-order valence-corrected chi connectivity index (χ2v) is 3.60. The minimum absolute atomic E-state index is 0.276. The maximum Gasteiger partial charge on any atom is 0.255 e. The van der Waals surface area contributed by atoms with Crippen molar-refractivity contribution in [1.29, 1.82) is 0 Å². The summed E-state index contributed by atoms with van der Waals surface area (Å²) in [7, 11) is 1.47. The Balaban J connectivity index is 2.11. The predicted octanol–water partition coefficient (Wildman–Crippen LogP) is 1.20. The summed E-state index contributed by atoms with van der Waals surface area (Å²) in [6.45, 7) is 0.285. The van der Waals surface area contributed by atoms with Gasteiger partial charge in [0.1, 0.15) is 12.0 Å². The number of methoxy groups -OCH3 is 1. The van der Waals surface area contributed by atoms with E-state index in [9.17, 15) is 4.79 Å². The number of hydrogen-bond donors (Lipinski definition) is 2. The molecule has 1 heterocycles. The molecule has 1 aromatic heterocycles. The number of anilines is 1. The lowest BCUT2D eigenvalue weighted by Crippen LogP contribution is -2.23. The van der Waals surface area contributed by atoms with E-state index >= 15 is 0 Å². The number of nitrogens with one attached hydrogen (secondary N) is 1. The van der Waals surface area contributed by atoms with Gasteiger partial charge in [-0.1, -0.05) is 11.2 Å². The average molecular weight is 247 g/mol. The molecule has 0 atom stereocenters. The summed E-state index contributed by atoms with van der Waals surface area (Å²) >= 11 is 0. The van der Waals surface area contributed by atoms with Crippen molar-refractivity contribution >= 4 is 11.6 Å². The van der Waals surface area contributed by atoms with Crippen LogP contribution in [0.15, 0.2) is 35.1 Å². The van der Waals surface area contributed by atoms with Gasteiger partial charge >= 0.3 is 0 Å². The zero-order chi connectivity index (χ0) is 13.0. The molecule has 0 radical (unpaired) electrons. The van der Waals surface area contributed by atoms with Crippen molar-refractivity contribution in [3.63, 3.8) is 0 Å². The Morgan fingerprint density at radius 2 is 2.33 bits per heavy atom. The Bertz CT molecular complexity index is 538. The molecule has 0 saturated carbocycles. The fourth-order valence-corrected chi connectivity index (χ4v) is 1.56. The van der Waals surface area contributed by atoms with E-state index in [1.54, 1.807) is 24.3 Å². The number of aromatic nitrogens is 1. The predicted molar refractivity (Wildman–Crippen MR) is 65.1 cm³/mol. The number of rotatable bonds is 4. The molecule has 0 fully saturated rings. The quantitative estimate of drug-likeness (QED) is 0.792. The Morgan fingerprint density at radius 1 is 1.50 bits per heavy atom. The summed E-state index contributed by atoms with van der Waals surface area (Å²) in [5, 5.41) is 6.40. The van der Waals surface area contributed by atoms with E-state index in [-0.39, 0.29) is 12.5 Å². The zero-order valence-electron chi connectivity index (χ0n) is 9.84. The largest absolute Gasteiger partial charge is 0.494 e. The van der Waals surface area contributed by atoms with Crippen LogP contribution in [0.25, 0.3) is 0 Å². The number of nitrogens with zero attached hydrogens (tertiary/aromatic N) is 1. The van der Waals surface area contributed by atoms with E-state index in [1.807, 2.05) is 0 Å². The van der Waals surface area contributed by atoms with Crippen LogP contribution in [0, 0.1) is 0 Å². The molecule has 6 heteroatoms. The van der Waals surface area contributed by atoms with Crippen molar-refractivity contribution in [2.45, 2.75) is 6.54 Å². The first-order valence-corrected chi connectivity index (χ1v) is 5.32. The van der Waals surface area contributed by atoms with Crippen LogP contribution in [0.2, 0.25) is 0 Å². The molecule has 0 unspecified atom stereocenters. The standard InChI is InChI=1S/C12H13N3O3/c1-17-11-9(3-2-4-10(11)13)12(16)14-7-8-5-6-18-15-8/h2-6H,7,13H2,1H3,(H,14,16). The number of nitrogen functional groups attached to an aromatic ring is 1. The van der Waals surface area contributed by atoms with Crippen molar-refractivity contribution < 1.29 is 14.1 Å². The molecule has 94 valence electrons. The summed E-state index contributed by atoms with van der Waals surface area (Å²) in [5.74, 6) is 0.0947. The lowest BCUT2D eigenvalue weighted by molar-refractivity contribution is 0.0947. The first kappa shape index (κ1) is 12.0. The van der Waals surface area contributed by atoms with Gasteiger partial charge in [0, 0.05) is 6.07 Å². The Hall–Kier alpha value is -2.50. The zero-order valence-corrected chi connectivity index (χ0v) is 9.84. The van der Waals surface area contributed by atoms with Crippen molar-refractivity contribution in [3.8, 4) is 5.75 Å². The molecule has 1 amide bonds. The summed E-state index contributed by atoms with van der Waals surface area (Å²) in [4.78, 5) is 12.0. The second-order valence-electron chi connectivity index (χ2n) is 3.60. The number of carbonyl (C=O) groups is 1. The summed E-state index contributed by atoms with van der Waals surface area (Å²) in [6, 6.07) is 6.69. The fourth-order valence-electron chi connectivity index (χ4n) is 1.56. The van der Waals surface area contributed by atoms with E-state index in [0.717, 1.165) is 0 Å². The van der Waals surface area contributed by atoms with Crippen LogP contribution in [-0.4, -0.2) is 18.2 Å². The lowest BCUT2D eigenvalue weighted by atomic mass is 10.1. The molecule has 3 N–H and O–H groups in total. The van der Waals surface area contributed by atoms with Crippen LogP contribution in [0.3, 0.4) is 0 Å². The minimum Gasteiger partial charge on any atom is -0.494 e. The van der Waals surface area contributed by atoms with Crippen LogP contribution in [0.4, 0.5) is 5.69 Å². The number of para-hydroxylation sites is 1. The Labute approximate surface area is 104 Å². The van der Waals surface area contributed by atoms with Gasteiger partial charge in [-0.15, -0.1) is 0 Å². The summed E-state index contributed by atoms with van der Waals surface area (Å²) in [5.41, 5.74) is 7.19. The van der Waals surface area contributed by atoms with Gasteiger partial charge in [0.25, 0.3) is 5.91 Å². The highest BCUT2D eigenvalue weighted by atomic mass is 16.5. The first-order valence-electron chi connectivity index (χ1n) is 5.32. The van der Waals surface area contributed by atoms with Crippen LogP contribution in [0.1, 0.15) is 16.1 Å². The van der Waals surface area contributed by atoms with Gasteiger partial charge in [-0.05, 0) is 12.1 Å². The lowest BCUT2D eigenvalue weighted by Gasteiger charge is -2.10. The molecule has 2 aromatic rings. The third-order valence-corrected chi connectivity index (χ3v) is 2.42. The molecular weight excluding hydrogens is 234 g/mol. The van der Waals surface area contributed by atoms with Crippen LogP contribution < -0.4 is 15.8 Å². The van der Waals surface area contributed by atoms with Crippen molar-refractivity contribution in [2.24, 2.45) is 0 Å². The van der Waals surface area contributed by atoms with Gasteiger partial charge < -0.3 is 20.3 Å². The van der Waals surface area contributed by atoms with Gasteiger partial charge in [0.15, 0.2) is 5.75 Å². The smallest absolute Gasteiger partial charge is 0.255 e. The SMILES string of the molecule is COc1c(N)cccc1C(=O)NCc1ccon1. The molecule has 0 bridgehead atoms. The topological polar surface area (TPSA) is 90.4 Å². The van der Waals surface area contributed by atoms with Gasteiger partial charge in [0.2, 0.25) is 0 Å². The normalized spacial score (nSPS) is 10.1. The second kappa shape index (κ2) is 5.22. The highest BCUT2D eigenvalue weighted by Gasteiger charge is 2.14. The molecule has 0 saturated heterocycles. The van der Waals surface area contributed by atoms with Crippen LogP contribution in [0.5, 0.6) is 5.75 Å².